The molecule has 28 heavy (non-hydrogen) atoms. The fourth-order valence-electron chi connectivity index (χ4n) is 3.93. The maximum Gasteiger partial charge on any atom is 0.395 e. The molecule has 2 N–H and O–H groups in total. The summed E-state index contributed by atoms with van der Waals surface area (Å²) in [6.07, 6.45) is 2.43. The fourth-order valence-corrected chi connectivity index (χ4v) is 4.71. The lowest BCUT2D eigenvalue weighted by Gasteiger charge is -2.32. The second-order valence-electron chi connectivity index (χ2n) is 7.43. The van der Waals surface area contributed by atoms with Gasteiger partial charge in [0, 0.05) is 22.9 Å². The molecule has 0 saturated heterocycles. The molecular formula is C21H21Cl3F3N. The Bertz CT molecular complexity index is 842. The molecule has 0 radical (unpaired) electrons. The van der Waals surface area contributed by atoms with Crippen LogP contribution in [0.2, 0.25) is 0 Å². The van der Waals surface area contributed by atoms with Crippen LogP contribution in [0.3, 0.4) is 0 Å². The molecule has 1 nitrogen and oxygen atoms in total. The maximum atomic E-state index is 13.8. The SMILES string of the molecule is CC1C(Cl)=C(Cl)C(Cl)=CC1C(/C=C/c1ccc2c(c1)CCCC2N)C(F)(F)F. The van der Waals surface area contributed by atoms with E-state index < -0.39 is 23.9 Å². The van der Waals surface area contributed by atoms with Gasteiger partial charge in [0.2, 0.25) is 0 Å². The smallest absolute Gasteiger partial charge is 0.324 e. The van der Waals surface area contributed by atoms with E-state index in [2.05, 4.69) is 0 Å². The summed E-state index contributed by atoms with van der Waals surface area (Å²) in [5.74, 6) is -3.24. The van der Waals surface area contributed by atoms with Crippen LogP contribution in [0.25, 0.3) is 6.08 Å². The minimum atomic E-state index is -4.44. The number of hydrogen-bond donors (Lipinski definition) is 1. The summed E-state index contributed by atoms with van der Waals surface area (Å²) < 4.78 is 41.5. The molecule has 4 unspecified atom stereocenters. The van der Waals surface area contributed by atoms with Crippen molar-refractivity contribution in [1.29, 1.82) is 0 Å². The summed E-state index contributed by atoms with van der Waals surface area (Å²) >= 11 is 18.1. The van der Waals surface area contributed by atoms with E-state index in [1.807, 2.05) is 18.2 Å². The number of benzene rings is 1. The molecule has 2 aliphatic rings. The third kappa shape index (κ3) is 4.46. The van der Waals surface area contributed by atoms with Crippen LogP contribution in [0.4, 0.5) is 13.2 Å². The Morgan fingerprint density at radius 3 is 2.61 bits per heavy atom. The quantitative estimate of drug-likeness (QED) is 0.514. The average molecular weight is 451 g/mol. The van der Waals surface area contributed by atoms with Crippen LogP contribution in [0.1, 0.15) is 42.5 Å². The number of rotatable bonds is 3. The molecule has 0 aromatic heterocycles. The molecule has 7 heteroatoms. The lowest BCUT2D eigenvalue weighted by Crippen LogP contribution is -2.33. The van der Waals surface area contributed by atoms with Crippen molar-refractivity contribution >= 4 is 40.9 Å². The first-order valence-electron chi connectivity index (χ1n) is 9.15. The second-order valence-corrected chi connectivity index (χ2v) is 8.62. The van der Waals surface area contributed by atoms with Gasteiger partial charge in [0.15, 0.2) is 0 Å². The van der Waals surface area contributed by atoms with Gasteiger partial charge in [0.25, 0.3) is 0 Å². The molecule has 3 rings (SSSR count). The number of aryl methyl sites for hydroxylation is 1. The number of allylic oxidation sites excluding steroid dienone is 5. The number of nitrogens with two attached hydrogens (primary N) is 1. The highest BCUT2D eigenvalue weighted by molar-refractivity contribution is 6.48. The van der Waals surface area contributed by atoms with Gasteiger partial charge in [-0.3, -0.25) is 0 Å². The summed E-state index contributed by atoms with van der Waals surface area (Å²) in [5, 5.41) is 0.327. The third-order valence-corrected chi connectivity index (χ3v) is 7.00. The summed E-state index contributed by atoms with van der Waals surface area (Å²) in [6.45, 7) is 1.63. The topological polar surface area (TPSA) is 26.0 Å². The molecular weight excluding hydrogens is 430 g/mol. The Morgan fingerprint density at radius 1 is 1.21 bits per heavy atom. The molecule has 1 aromatic carbocycles. The van der Waals surface area contributed by atoms with Gasteiger partial charge >= 0.3 is 6.18 Å². The van der Waals surface area contributed by atoms with E-state index in [9.17, 15) is 13.2 Å². The van der Waals surface area contributed by atoms with Gasteiger partial charge in [-0.15, -0.1) is 0 Å². The van der Waals surface area contributed by atoms with Crippen molar-refractivity contribution in [3.63, 3.8) is 0 Å². The molecule has 4 atom stereocenters. The lowest BCUT2D eigenvalue weighted by atomic mass is 9.78. The molecule has 1 aromatic rings. The molecule has 0 fully saturated rings. The van der Waals surface area contributed by atoms with Gasteiger partial charge in [-0.25, -0.2) is 0 Å². The maximum absolute atomic E-state index is 13.8. The predicted octanol–water partition coefficient (Wildman–Crippen LogP) is 7.29. The van der Waals surface area contributed by atoms with Crippen LogP contribution in [0.5, 0.6) is 0 Å². The zero-order chi connectivity index (χ0) is 20.6. The second kappa shape index (κ2) is 8.43. The summed E-state index contributed by atoms with van der Waals surface area (Å²) in [5.41, 5.74) is 9.02. The monoisotopic (exact) mass is 449 g/mol. The van der Waals surface area contributed by atoms with Gasteiger partial charge in [-0.2, -0.15) is 13.2 Å². The Morgan fingerprint density at radius 2 is 1.93 bits per heavy atom. The minimum absolute atomic E-state index is 0.00116. The average Bonchev–Trinajstić information content (AvgIpc) is 2.63. The highest BCUT2D eigenvalue weighted by Crippen LogP contribution is 2.47. The van der Waals surface area contributed by atoms with Crippen LogP contribution in [-0.4, -0.2) is 6.18 Å². The van der Waals surface area contributed by atoms with Crippen LogP contribution < -0.4 is 5.73 Å². The van der Waals surface area contributed by atoms with E-state index in [-0.39, 0.29) is 21.1 Å². The van der Waals surface area contributed by atoms with Gasteiger partial charge in [0.1, 0.15) is 0 Å². The van der Waals surface area contributed by atoms with E-state index in [0.29, 0.717) is 0 Å². The predicted molar refractivity (Wildman–Crippen MR) is 110 cm³/mol. The molecule has 0 bridgehead atoms. The van der Waals surface area contributed by atoms with Crippen molar-refractivity contribution in [1.82, 2.24) is 0 Å². The summed E-state index contributed by atoms with van der Waals surface area (Å²) in [7, 11) is 0. The van der Waals surface area contributed by atoms with Gasteiger partial charge < -0.3 is 5.73 Å². The van der Waals surface area contributed by atoms with Gasteiger partial charge in [0.05, 0.1) is 16.0 Å². The van der Waals surface area contributed by atoms with Crippen LogP contribution in [0, 0.1) is 17.8 Å². The van der Waals surface area contributed by atoms with Crippen LogP contribution in [0.15, 0.2) is 45.4 Å². The van der Waals surface area contributed by atoms with E-state index in [1.165, 1.54) is 18.2 Å². The van der Waals surface area contributed by atoms with Crippen molar-refractivity contribution in [3.05, 3.63) is 62.1 Å². The van der Waals surface area contributed by atoms with Gasteiger partial charge in [-0.05, 0) is 36.0 Å². The number of halogens is 6. The number of hydrogen-bond acceptors (Lipinski definition) is 1. The van der Waals surface area contributed by atoms with E-state index in [4.69, 9.17) is 40.5 Å². The Kier molecular flexibility index (Phi) is 6.55. The fraction of sp³-hybridized carbons (Fsp3) is 0.429. The molecule has 0 saturated carbocycles. The highest BCUT2D eigenvalue weighted by atomic mass is 35.5. The van der Waals surface area contributed by atoms with E-state index in [0.717, 1.165) is 36.0 Å². The summed E-state index contributed by atoms with van der Waals surface area (Å²) in [6, 6.07) is 5.65. The van der Waals surface area contributed by atoms with E-state index in [1.54, 1.807) is 6.92 Å². The highest BCUT2D eigenvalue weighted by Gasteiger charge is 2.46. The summed E-state index contributed by atoms with van der Waals surface area (Å²) in [4.78, 5) is 0. The Labute approximate surface area is 178 Å². The Balaban J connectivity index is 1.90. The molecule has 0 aliphatic heterocycles. The molecule has 152 valence electrons. The van der Waals surface area contributed by atoms with Gasteiger partial charge in [-0.1, -0.05) is 78.2 Å². The lowest BCUT2D eigenvalue weighted by molar-refractivity contribution is -0.172. The van der Waals surface area contributed by atoms with Crippen LogP contribution in [-0.2, 0) is 6.42 Å². The van der Waals surface area contributed by atoms with Crippen molar-refractivity contribution in [2.75, 3.05) is 0 Å². The normalized spacial score (nSPS) is 27.0. The molecule has 0 spiro atoms. The first-order valence-corrected chi connectivity index (χ1v) is 10.3. The van der Waals surface area contributed by atoms with Crippen molar-refractivity contribution < 1.29 is 13.2 Å². The van der Waals surface area contributed by atoms with Crippen molar-refractivity contribution in [3.8, 4) is 0 Å². The zero-order valence-corrected chi connectivity index (χ0v) is 17.5. The largest absolute Gasteiger partial charge is 0.395 e. The molecule has 0 heterocycles. The molecule has 2 aliphatic carbocycles. The van der Waals surface area contributed by atoms with Crippen molar-refractivity contribution in [2.45, 2.75) is 38.4 Å². The first kappa shape index (κ1) is 21.8. The minimum Gasteiger partial charge on any atom is -0.324 e. The number of alkyl halides is 3. The first-order chi connectivity index (χ1) is 13.1. The number of fused-ring (bicyclic) bond motifs is 1. The van der Waals surface area contributed by atoms with E-state index >= 15 is 0 Å². The zero-order valence-electron chi connectivity index (χ0n) is 15.2. The standard InChI is InChI=1S/C21H21Cl3F3N/c1-11-15(10-17(22)20(24)19(11)23)16(21(25,26)27)8-6-12-5-7-14-13(9-12)3-2-4-18(14)28/h5-11,15-16,18H,2-4,28H2,1H3/b8-6+. The molecule has 0 amide bonds. The Hall–Kier alpha value is -0.940. The third-order valence-electron chi connectivity index (χ3n) is 5.55. The van der Waals surface area contributed by atoms with Crippen molar-refractivity contribution in [2.24, 2.45) is 23.5 Å². The van der Waals surface area contributed by atoms with Crippen LogP contribution >= 0.6 is 34.8 Å².